The number of fused-ring (bicyclic) bond motifs is 1. The minimum atomic E-state index is -0.939. The van der Waals surface area contributed by atoms with Crippen molar-refractivity contribution in [2.75, 3.05) is 20.3 Å². The molecule has 0 aliphatic rings. The number of aromatic nitrogens is 3. The van der Waals surface area contributed by atoms with E-state index < -0.39 is 6.04 Å². The van der Waals surface area contributed by atoms with E-state index in [-0.39, 0.29) is 24.9 Å². The van der Waals surface area contributed by atoms with Crippen molar-refractivity contribution in [3.8, 4) is 0 Å². The van der Waals surface area contributed by atoms with Crippen molar-refractivity contribution in [3.63, 3.8) is 0 Å². The van der Waals surface area contributed by atoms with E-state index in [9.17, 15) is 9.59 Å². The molecule has 3 heterocycles. The van der Waals surface area contributed by atoms with Crippen LogP contribution in [0.25, 0.3) is 11.0 Å². The fraction of sp³-hybridized carbons (Fsp3) is 0.273. The Bertz CT molecular complexity index is 1160. The number of furan rings is 1. The summed E-state index contributed by atoms with van der Waals surface area (Å²) in [4.78, 5) is 29.2. The maximum absolute atomic E-state index is 13.5. The zero-order valence-corrected chi connectivity index (χ0v) is 18.3. The van der Waals surface area contributed by atoms with E-state index in [2.05, 4.69) is 15.6 Å². The predicted molar refractivity (Wildman–Crippen MR) is 119 cm³/mol. The molecule has 2 amide bonds. The second-order valence-electron chi connectivity index (χ2n) is 7.04. The lowest BCUT2D eigenvalue weighted by Gasteiger charge is -2.29. The Morgan fingerprint density at radius 3 is 2.84 bits per heavy atom. The second kappa shape index (κ2) is 10.2. The van der Waals surface area contributed by atoms with Gasteiger partial charge in [-0.1, -0.05) is 23.4 Å². The lowest BCUT2D eigenvalue weighted by molar-refractivity contribution is -0.142. The smallest absolute Gasteiger partial charge is 0.250 e. The Hall–Kier alpha value is -3.50. The summed E-state index contributed by atoms with van der Waals surface area (Å²) < 4.78 is 12.1. The average Bonchev–Trinajstić information content (AvgIpc) is 3.57. The number of ether oxygens (including phenoxy) is 1. The van der Waals surface area contributed by atoms with Crippen LogP contribution in [-0.4, -0.2) is 52.0 Å². The number of benzene rings is 1. The molecule has 0 aliphatic heterocycles. The molecule has 4 aromatic rings. The highest BCUT2D eigenvalue weighted by Crippen LogP contribution is 2.26. The molecule has 0 fully saturated rings. The van der Waals surface area contributed by atoms with E-state index in [0.29, 0.717) is 24.4 Å². The Labute approximate surface area is 188 Å². The van der Waals surface area contributed by atoms with Gasteiger partial charge in [0.25, 0.3) is 5.91 Å². The SMILES string of the molecule is COCCNC(=O)C(c1ccco1)N(Cc1cccs1)C(=O)Cn1nnc2ccccc21. The Morgan fingerprint density at radius 1 is 1.22 bits per heavy atom. The first-order valence-corrected chi connectivity index (χ1v) is 11.0. The number of hydrogen-bond donors (Lipinski definition) is 1. The number of nitrogens with zero attached hydrogens (tertiary/aromatic N) is 4. The van der Waals surface area contributed by atoms with E-state index in [4.69, 9.17) is 9.15 Å². The summed E-state index contributed by atoms with van der Waals surface area (Å²) in [6, 6.07) is 13.7. The number of rotatable bonds is 10. The largest absolute Gasteiger partial charge is 0.467 e. The number of methoxy groups -OCH3 is 1. The van der Waals surface area contributed by atoms with Gasteiger partial charge >= 0.3 is 0 Å². The van der Waals surface area contributed by atoms with Crippen molar-refractivity contribution in [1.82, 2.24) is 25.2 Å². The molecule has 10 heteroatoms. The number of hydrogen-bond acceptors (Lipinski definition) is 7. The molecule has 0 spiro atoms. The van der Waals surface area contributed by atoms with Crippen LogP contribution in [0.1, 0.15) is 16.7 Å². The van der Waals surface area contributed by atoms with Crippen molar-refractivity contribution >= 4 is 34.2 Å². The number of carbonyl (C=O) groups excluding carboxylic acids is 2. The van der Waals surface area contributed by atoms with Crippen LogP contribution in [0.2, 0.25) is 0 Å². The summed E-state index contributed by atoms with van der Waals surface area (Å²) in [5.41, 5.74) is 1.45. The zero-order valence-electron chi connectivity index (χ0n) is 17.5. The van der Waals surface area contributed by atoms with Crippen molar-refractivity contribution in [2.45, 2.75) is 19.1 Å². The van der Waals surface area contributed by atoms with Crippen LogP contribution in [0.5, 0.6) is 0 Å². The van der Waals surface area contributed by atoms with E-state index in [1.807, 2.05) is 41.8 Å². The summed E-state index contributed by atoms with van der Waals surface area (Å²) in [7, 11) is 1.56. The summed E-state index contributed by atoms with van der Waals surface area (Å²) in [5.74, 6) is -0.240. The first kappa shape index (κ1) is 21.7. The molecule has 166 valence electrons. The van der Waals surface area contributed by atoms with Crippen LogP contribution < -0.4 is 5.32 Å². The van der Waals surface area contributed by atoms with E-state index >= 15 is 0 Å². The molecule has 0 aliphatic carbocycles. The van der Waals surface area contributed by atoms with E-state index in [1.165, 1.54) is 22.5 Å². The standard InChI is InChI=1S/C22H23N5O4S/c1-30-12-10-23-22(29)21(19-9-4-11-31-19)26(14-16-6-5-13-32-16)20(28)15-27-18-8-3-2-7-17(18)24-25-27/h2-9,11,13,21H,10,12,14-15H2,1H3,(H,23,29). The highest BCUT2D eigenvalue weighted by atomic mass is 32.1. The van der Waals surface area contributed by atoms with Gasteiger partial charge < -0.3 is 19.4 Å². The molecular weight excluding hydrogens is 430 g/mol. The molecule has 1 unspecified atom stereocenters. The zero-order chi connectivity index (χ0) is 22.3. The molecule has 32 heavy (non-hydrogen) atoms. The highest BCUT2D eigenvalue weighted by molar-refractivity contribution is 7.09. The van der Waals surface area contributed by atoms with Crippen LogP contribution >= 0.6 is 11.3 Å². The van der Waals surface area contributed by atoms with Gasteiger partial charge in [-0.15, -0.1) is 16.4 Å². The first-order chi connectivity index (χ1) is 15.7. The van der Waals surface area contributed by atoms with Gasteiger partial charge in [0.15, 0.2) is 6.04 Å². The quantitative estimate of drug-likeness (QED) is 0.370. The third-order valence-electron chi connectivity index (χ3n) is 4.91. The third-order valence-corrected chi connectivity index (χ3v) is 5.77. The molecule has 1 aromatic carbocycles. The van der Waals surface area contributed by atoms with Gasteiger partial charge in [0.05, 0.1) is 24.9 Å². The topological polar surface area (TPSA) is 102 Å². The van der Waals surface area contributed by atoms with Gasteiger partial charge in [0, 0.05) is 18.5 Å². The van der Waals surface area contributed by atoms with Gasteiger partial charge in [-0.25, -0.2) is 4.68 Å². The molecule has 1 atom stereocenters. The number of carbonyl (C=O) groups is 2. The molecule has 4 rings (SSSR count). The normalized spacial score (nSPS) is 12.0. The summed E-state index contributed by atoms with van der Waals surface area (Å²) in [5, 5.41) is 13.0. The van der Waals surface area contributed by atoms with E-state index in [1.54, 1.807) is 23.9 Å². The Morgan fingerprint density at radius 2 is 2.09 bits per heavy atom. The fourth-order valence-corrected chi connectivity index (χ4v) is 4.09. The van der Waals surface area contributed by atoms with Crippen LogP contribution in [0.3, 0.4) is 0 Å². The van der Waals surface area contributed by atoms with Crippen molar-refractivity contribution in [2.24, 2.45) is 0 Å². The van der Waals surface area contributed by atoms with Crippen molar-refractivity contribution in [3.05, 3.63) is 70.8 Å². The minimum Gasteiger partial charge on any atom is -0.467 e. The maximum atomic E-state index is 13.5. The van der Waals surface area contributed by atoms with Gasteiger partial charge in [0.2, 0.25) is 5.91 Å². The molecule has 3 aromatic heterocycles. The van der Waals surface area contributed by atoms with Gasteiger partial charge in [-0.3, -0.25) is 9.59 Å². The summed E-state index contributed by atoms with van der Waals surface area (Å²) in [6.45, 7) is 0.877. The first-order valence-electron chi connectivity index (χ1n) is 10.1. The fourth-order valence-electron chi connectivity index (χ4n) is 3.39. The summed E-state index contributed by atoms with van der Waals surface area (Å²) in [6.07, 6.45) is 1.49. The Kier molecular flexibility index (Phi) is 6.93. The molecular formula is C22H23N5O4S. The van der Waals surface area contributed by atoms with Gasteiger partial charge in [-0.05, 0) is 35.7 Å². The molecule has 0 saturated carbocycles. The van der Waals surface area contributed by atoms with Crippen LogP contribution in [0.4, 0.5) is 0 Å². The third kappa shape index (κ3) is 4.87. The van der Waals surface area contributed by atoms with Crippen LogP contribution in [0.15, 0.2) is 64.6 Å². The van der Waals surface area contributed by atoms with Gasteiger partial charge in [0.1, 0.15) is 17.8 Å². The maximum Gasteiger partial charge on any atom is 0.250 e. The van der Waals surface area contributed by atoms with Gasteiger partial charge in [-0.2, -0.15) is 0 Å². The van der Waals surface area contributed by atoms with Crippen LogP contribution in [-0.2, 0) is 27.4 Å². The molecule has 0 bridgehead atoms. The monoisotopic (exact) mass is 453 g/mol. The average molecular weight is 454 g/mol. The van der Waals surface area contributed by atoms with E-state index in [0.717, 1.165) is 10.4 Å². The number of thiophene rings is 1. The molecule has 9 nitrogen and oxygen atoms in total. The minimum absolute atomic E-state index is 0.0611. The van der Waals surface area contributed by atoms with Crippen molar-refractivity contribution < 1.29 is 18.7 Å². The lowest BCUT2D eigenvalue weighted by Crippen LogP contribution is -2.45. The molecule has 0 radical (unpaired) electrons. The number of nitrogens with one attached hydrogen (secondary N) is 1. The molecule has 1 N–H and O–H groups in total. The van der Waals surface area contributed by atoms with Crippen LogP contribution in [0, 0.1) is 0 Å². The lowest BCUT2D eigenvalue weighted by atomic mass is 10.1. The molecule has 0 saturated heterocycles. The second-order valence-corrected chi connectivity index (χ2v) is 8.07. The highest BCUT2D eigenvalue weighted by Gasteiger charge is 2.34. The van der Waals surface area contributed by atoms with Crippen molar-refractivity contribution in [1.29, 1.82) is 0 Å². The number of amides is 2. The Balaban J connectivity index is 1.65. The number of para-hydroxylation sites is 1. The summed E-state index contributed by atoms with van der Waals surface area (Å²) >= 11 is 1.52. The predicted octanol–water partition coefficient (Wildman–Crippen LogP) is 2.62.